The molecule has 13 heteroatoms. The molecule has 2 N–H and O–H groups in total. The highest BCUT2D eigenvalue weighted by Gasteiger charge is 2.38. The van der Waals surface area contributed by atoms with Gasteiger partial charge in [0.1, 0.15) is 16.0 Å². The van der Waals surface area contributed by atoms with E-state index in [-0.39, 0.29) is 5.16 Å². The highest BCUT2D eigenvalue weighted by Crippen LogP contribution is 2.35. The molecule has 116 valence electrons. The van der Waals surface area contributed by atoms with Crippen molar-refractivity contribution in [2.75, 3.05) is 5.84 Å². The summed E-state index contributed by atoms with van der Waals surface area (Å²) in [5.74, 6) is 4.11. The number of hydrogen-bond donors (Lipinski definition) is 1. The molecule has 0 spiro atoms. The molecule has 0 aliphatic carbocycles. The first-order valence-electron chi connectivity index (χ1n) is 5.57. The smallest absolute Gasteiger partial charge is 0.335 e. The van der Waals surface area contributed by atoms with Crippen molar-refractivity contribution in [3.8, 4) is 0 Å². The molecule has 0 aliphatic heterocycles. The van der Waals surface area contributed by atoms with Crippen LogP contribution in [0.4, 0.5) is 13.2 Å². The van der Waals surface area contributed by atoms with Crippen LogP contribution in [-0.2, 0) is 13.2 Å². The van der Waals surface area contributed by atoms with Crippen LogP contribution in [0.3, 0.4) is 0 Å². The molecule has 22 heavy (non-hydrogen) atoms. The molecule has 0 unspecified atom stereocenters. The molecule has 0 bridgehead atoms. The third-order valence-corrected chi connectivity index (χ3v) is 4.17. The lowest BCUT2D eigenvalue weighted by molar-refractivity contribution is -0.146. The van der Waals surface area contributed by atoms with Crippen LogP contribution >= 0.6 is 27.7 Å². The molecule has 0 aliphatic rings. The Morgan fingerprint density at radius 3 is 2.64 bits per heavy atom. The number of rotatable bonds is 2. The van der Waals surface area contributed by atoms with Crippen LogP contribution in [0.5, 0.6) is 0 Å². The van der Waals surface area contributed by atoms with Gasteiger partial charge in [-0.3, -0.25) is 0 Å². The Balaban J connectivity index is 2.07. The van der Waals surface area contributed by atoms with Gasteiger partial charge in [-0.15, -0.1) is 10.2 Å². The van der Waals surface area contributed by atoms with E-state index in [1.807, 2.05) is 0 Å². The van der Waals surface area contributed by atoms with Crippen LogP contribution in [0.15, 0.2) is 21.1 Å². The van der Waals surface area contributed by atoms with Crippen molar-refractivity contribution in [2.45, 2.75) is 16.4 Å². The number of aryl methyl sites for hydroxylation is 1. The quantitative estimate of drug-likeness (QED) is 0.520. The van der Waals surface area contributed by atoms with Crippen LogP contribution < -0.4 is 5.84 Å². The van der Waals surface area contributed by atoms with Crippen LogP contribution in [0, 0.1) is 0 Å². The number of hydrogen-bond acceptors (Lipinski definition) is 7. The van der Waals surface area contributed by atoms with Gasteiger partial charge >= 0.3 is 6.18 Å². The van der Waals surface area contributed by atoms with Gasteiger partial charge in [0.05, 0.1) is 5.39 Å². The van der Waals surface area contributed by atoms with Crippen LogP contribution in [0.2, 0.25) is 0 Å². The van der Waals surface area contributed by atoms with Gasteiger partial charge in [-0.25, -0.2) is 19.3 Å². The van der Waals surface area contributed by atoms with Crippen molar-refractivity contribution < 1.29 is 13.2 Å². The molecular formula is C9H6BrF3N8S. The summed E-state index contributed by atoms with van der Waals surface area (Å²) in [6, 6.07) is 0. The molecule has 8 nitrogen and oxygen atoms in total. The van der Waals surface area contributed by atoms with Crippen LogP contribution in [0.1, 0.15) is 5.82 Å². The van der Waals surface area contributed by atoms with E-state index in [1.165, 1.54) is 11.0 Å². The minimum Gasteiger partial charge on any atom is -0.335 e. The van der Waals surface area contributed by atoms with Crippen LogP contribution in [0.25, 0.3) is 11.0 Å². The normalized spacial score (nSPS) is 12.2. The number of halogens is 4. The van der Waals surface area contributed by atoms with Crippen molar-refractivity contribution in [3.63, 3.8) is 0 Å². The number of nitrogens with zero attached hydrogens (tertiary/aromatic N) is 7. The Hall–Kier alpha value is -1.89. The maximum atomic E-state index is 12.7. The first kappa shape index (κ1) is 15.0. The van der Waals surface area contributed by atoms with Gasteiger partial charge in [0, 0.05) is 7.05 Å². The summed E-state index contributed by atoms with van der Waals surface area (Å²) in [5, 5.41) is 11.4. The Labute approximate surface area is 133 Å². The van der Waals surface area contributed by atoms with E-state index >= 15 is 0 Å². The number of alkyl halides is 3. The first-order chi connectivity index (χ1) is 10.3. The van der Waals surface area contributed by atoms with Crippen molar-refractivity contribution in [2.24, 2.45) is 7.05 Å². The number of fused-ring (bicyclic) bond motifs is 1. The second-order valence-electron chi connectivity index (χ2n) is 4.07. The van der Waals surface area contributed by atoms with Gasteiger partial charge in [-0.2, -0.15) is 18.3 Å². The van der Waals surface area contributed by atoms with Crippen LogP contribution in [-0.4, -0.2) is 34.6 Å². The SMILES string of the molecule is Cn1nc(Br)c2c(Sc3nnc(C(F)(F)F)n3N)ncnc21. The molecule has 0 fully saturated rings. The van der Waals surface area contributed by atoms with Gasteiger partial charge < -0.3 is 5.84 Å². The summed E-state index contributed by atoms with van der Waals surface area (Å²) in [7, 11) is 1.68. The highest BCUT2D eigenvalue weighted by molar-refractivity contribution is 9.10. The fourth-order valence-corrected chi connectivity index (χ4v) is 3.28. The van der Waals surface area contributed by atoms with Gasteiger partial charge in [-0.1, -0.05) is 0 Å². The van der Waals surface area contributed by atoms with E-state index in [0.29, 0.717) is 25.3 Å². The summed E-state index contributed by atoms with van der Waals surface area (Å²) in [5.41, 5.74) is 0.517. The number of nitrogen functional groups attached to an aromatic ring is 1. The molecule has 3 aromatic heterocycles. The topological polar surface area (TPSA) is 100 Å². The lowest BCUT2D eigenvalue weighted by atomic mass is 10.4. The van der Waals surface area contributed by atoms with E-state index in [1.54, 1.807) is 7.05 Å². The zero-order chi connectivity index (χ0) is 16.1. The average Bonchev–Trinajstić information content (AvgIpc) is 2.92. The highest BCUT2D eigenvalue weighted by atomic mass is 79.9. The predicted molar refractivity (Wildman–Crippen MR) is 73.3 cm³/mol. The molecule has 0 amide bonds. The van der Waals surface area contributed by atoms with E-state index < -0.39 is 12.0 Å². The largest absolute Gasteiger partial charge is 0.453 e. The maximum Gasteiger partial charge on any atom is 0.453 e. The number of aromatic nitrogens is 7. The van der Waals surface area contributed by atoms with Gasteiger partial charge in [0.25, 0.3) is 5.82 Å². The van der Waals surface area contributed by atoms with E-state index in [0.717, 1.165) is 11.8 Å². The molecule has 0 atom stereocenters. The van der Waals surface area contributed by atoms with Gasteiger partial charge in [-0.05, 0) is 27.7 Å². The lowest BCUT2D eigenvalue weighted by Gasteiger charge is -2.06. The monoisotopic (exact) mass is 394 g/mol. The molecular weight excluding hydrogens is 389 g/mol. The fourth-order valence-electron chi connectivity index (χ4n) is 1.72. The van der Waals surface area contributed by atoms with E-state index in [4.69, 9.17) is 5.84 Å². The van der Waals surface area contributed by atoms with Crippen molar-refractivity contribution in [3.05, 3.63) is 16.8 Å². The number of nitrogens with two attached hydrogens (primary N) is 1. The minimum absolute atomic E-state index is 0.150. The average molecular weight is 395 g/mol. The summed E-state index contributed by atoms with van der Waals surface area (Å²) in [6.45, 7) is 0. The zero-order valence-electron chi connectivity index (χ0n) is 10.7. The Bertz CT molecular complexity index is 857. The predicted octanol–water partition coefficient (Wildman–Crippen LogP) is 1.60. The third kappa shape index (κ3) is 2.39. The molecule has 3 heterocycles. The maximum absolute atomic E-state index is 12.7. The molecule has 3 aromatic rings. The van der Waals surface area contributed by atoms with E-state index in [9.17, 15) is 13.2 Å². The van der Waals surface area contributed by atoms with Gasteiger partial charge in [0.15, 0.2) is 5.65 Å². The first-order valence-corrected chi connectivity index (χ1v) is 7.18. The van der Waals surface area contributed by atoms with Crippen molar-refractivity contribution in [1.29, 1.82) is 0 Å². The zero-order valence-corrected chi connectivity index (χ0v) is 13.1. The second kappa shape index (κ2) is 5.08. The molecule has 0 saturated carbocycles. The molecule has 0 aromatic carbocycles. The standard InChI is InChI=1S/C9H6BrF3N8S/c1-20-5-3(4(10)19-20)6(16-2-15-5)22-8-18-17-7(21(8)14)9(11,12)13/h2H,14H2,1H3. The second-order valence-corrected chi connectivity index (χ2v) is 5.77. The third-order valence-electron chi connectivity index (χ3n) is 2.65. The van der Waals surface area contributed by atoms with Crippen molar-refractivity contribution >= 4 is 38.7 Å². The van der Waals surface area contributed by atoms with E-state index in [2.05, 4.69) is 41.2 Å². The Morgan fingerprint density at radius 2 is 2.00 bits per heavy atom. The summed E-state index contributed by atoms with van der Waals surface area (Å²) in [4.78, 5) is 8.10. The molecule has 0 radical (unpaired) electrons. The van der Waals surface area contributed by atoms with Crippen molar-refractivity contribution in [1.82, 2.24) is 34.6 Å². The Kier molecular flexibility index (Phi) is 3.47. The summed E-state index contributed by atoms with van der Waals surface area (Å²) < 4.78 is 40.3. The minimum atomic E-state index is -4.68. The molecule has 0 saturated heterocycles. The summed E-state index contributed by atoms with van der Waals surface area (Å²) in [6.07, 6.45) is -3.41. The fraction of sp³-hybridized carbons (Fsp3) is 0.222. The molecule has 3 rings (SSSR count). The van der Waals surface area contributed by atoms with Gasteiger partial charge in [0.2, 0.25) is 5.16 Å². The Morgan fingerprint density at radius 1 is 1.27 bits per heavy atom. The summed E-state index contributed by atoms with van der Waals surface area (Å²) >= 11 is 4.10. The lowest BCUT2D eigenvalue weighted by Crippen LogP contribution is -2.21.